The van der Waals surface area contributed by atoms with Gasteiger partial charge in [0.2, 0.25) is 0 Å². The van der Waals surface area contributed by atoms with Gasteiger partial charge in [0.25, 0.3) is 0 Å². The lowest BCUT2D eigenvalue weighted by Gasteiger charge is -2.21. The normalized spacial score (nSPS) is 12.5. The van der Waals surface area contributed by atoms with Crippen LogP contribution in [0, 0.1) is 0 Å². The molecule has 0 aliphatic carbocycles. The van der Waals surface area contributed by atoms with E-state index >= 15 is 0 Å². The third-order valence-corrected chi connectivity index (χ3v) is 5.43. The highest BCUT2D eigenvalue weighted by Crippen LogP contribution is 2.34. The van der Waals surface area contributed by atoms with Gasteiger partial charge < -0.3 is 5.11 Å². The van der Waals surface area contributed by atoms with E-state index < -0.39 is 4.27 Å². The van der Waals surface area contributed by atoms with Gasteiger partial charge in [0.05, 0.1) is 6.21 Å². The van der Waals surface area contributed by atoms with Gasteiger partial charge in [0, 0.05) is 5.75 Å². The molecule has 0 aromatic carbocycles. The van der Waals surface area contributed by atoms with Crippen molar-refractivity contribution in [3.8, 4) is 0 Å². The van der Waals surface area contributed by atoms with Crippen LogP contribution in [0.15, 0.2) is 4.40 Å². The summed E-state index contributed by atoms with van der Waals surface area (Å²) >= 11 is 4.69. The number of aliphatic hydroxyl groups is 1. The van der Waals surface area contributed by atoms with E-state index in [2.05, 4.69) is 25.2 Å². The largest absolute Gasteiger partial charge is 0.366 e. The average molecular weight is 282 g/mol. The predicted octanol–water partition coefficient (Wildman–Crippen LogP) is 4.05. The Labute approximate surface area is 113 Å². The highest BCUT2D eigenvalue weighted by Gasteiger charge is 2.24. The lowest BCUT2D eigenvalue weighted by Crippen LogP contribution is -2.22. The fraction of sp³-hybridized carbons (Fsp3) is 0.909. The molecule has 0 unspecified atom stereocenters. The van der Waals surface area contributed by atoms with Gasteiger partial charge >= 0.3 is 0 Å². The fourth-order valence-corrected chi connectivity index (χ4v) is 3.59. The van der Waals surface area contributed by atoms with Crippen molar-refractivity contribution in [2.45, 2.75) is 44.3 Å². The summed E-state index contributed by atoms with van der Waals surface area (Å²) < 4.78 is 3.41. The zero-order chi connectivity index (χ0) is 12.3. The topological polar surface area (TPSA) is 32.6 Å². The van der Waals surface area contributed by atoms with Crippen molar-refractivity contribution in [1.82, 2.24) is 0 Å². The molecule has 1 N–H and O–H groups in total. The van der Waals surface area contributed by atoms with Crippen LogP contribution in [0.5, 0.6) is 0 Å². The molecule has 0 heterocycles. The van der Waals surface area contributed by atoms with Crippen LogP contribution in [0.3, 0.4) is 0 Å². The Morgan fingerprint density at radius 2 is 1.50 bits per heavy atom. The molecule has 0 aromatic heterocycles. The molecule has 0 aromatic rings. The summed E-state index contributed by atoms with van der Waals surface area (Å²) in [5.41, 5.74) is 0. The molecular formula is C11H23NOS3. The molecule has 0 bridgehead atoms. The van der Waals surface area contributed by atoms with E-state index in [1.54, 1.807) is 29.7 Å². The third-order valence-electron chi connectivity index (χ3n) is 1.61. The number of hydrogen-bond acceptors (Lipinski definition) is 5. The smallest absolute Gasteiger partial charge is 0.194 e. The SMILES string of the molecule is CCCSN=CC(O)(SCCC)SCCC. The summed E-state index contributed by atoms with van der Waals surface area (Å²) in [5.74, 6) is 2.96. The number of thioether (sulfide) groups is 2. The second-order valence-corrected chi connectivity index (χ2v) is 7.17. The van der Waals surface area contributed by atoms with Crippen molar-refractivity contribution in [3.63, 3.8) is 0 Å². The van der Waals surface area contributed by atoms with Crippen LogP contribution in [-0.2, 0) is 0 Å². The second-order valence-electron chi connectivity index (χ2n) is 3.40. The highest BCUT2D eigenvalue weighted by atomic mass is 32.2. The molecular weight excluding hydrogens is 258 g/mol. The van der Waals surface area contributed by atoms with Gasteiger partial charge in [0.1, 0.15) is 0 Å². The first-order valence-corrected chi connectivity index (χ1v) is 8.76. The Bertz CT molecular complexity index is 180. The minimum Gasteiger partial charge on any atom is -0.366 e. The van der Waals surface area contributed by atoms with E-state index in [0.717, 1.165) is 36.5 Å². The van der Waals surface area contributed by atoms with Crippen molar-refractivity contribution >= 4 is 41.7 Å². The number of nitrogens with zero attached hydrogens (tertiary/aromatic N) is 1. The fourth-order valence-electron chi connectivity index (χ4n) is 0.861. The zero-order valence-corrected chi connectivity index (χ0v) is 12.9. The van der Waals surface area contributed by atoms with Crippen LogP contribution >= 0.6 is 35.5 Å². The molecule has 0 rings (SSSR count). The number of hydrogen-bond donors (Lipinski definition) is 1. The van der Waals surface area contributed by atoms with Crippen molar-refractivity contribution in [2.24, 2.45) is 4.40 Å². The number of rotatable bonds is 10. The van der Waals surface area contributed by atoms with Gasteiger partial charge in [0.15, 0.2) is 4.27 Å². The Hall–Kier alpha value is 0.680. The van der Waals surface area contributed by atoms with E-state index in [-0.39, 0.29) is 0 Å². The summed E-state index contributed by atoms with van der Waals surface area (Å²) in [7, 11) is 0. The van der Waals surface area contributed by atoms with Crippen LogP contribution < -0.4 is 0 Å². The molecule has 0 amide bonds. The van der Waals surface area contributed by atoms with Gasteiger partial charge in [-0.1, -0.05) is 20.8 Å². The Balaban J connectivity index is 4.10. The average Bonchev–Trinajstić information content (AvgIpc) is 2.30. The van der Waals surface area contributed by atoms with Gasteiger partial charge in [-0.05, 0) is 42.7 Å². The molecule has 5 heteroatoms. The maximum absolute atomic E-state index is 10.3. The first-order valence-electron chi connectivity index (χ1n) is 5.85. The van der Waals surface area contributed by atoms with Crippen molar-refractivity contribution in [2.75, 3.05) is 17.3 Å². The Morgan fingerprint density at radius 3 is 1.94 bits per heavy atom. The van der Waals surface area contributed by atoms with Crippen LogP contribution in [0.25, 0.3) is 0 Å². The molecule has 0 saturated heterocycles. The molecule has 0 spiro atoms. The summed E-state index contributed by atoms with van der Waals surface area (Å²) in [6, 6.07) is 0. The van der Waals surface area contributed by atoms with Gasteiger partial charge in [-0.2, -0.15) is 0 Å². The third kappa shape index (κ3) is 8.79. The first-order chi connectivity index (χ1) is 7.68. The molecule has 16 heavy (non-hydrogen) atoms. The highest BCUT2D eigenvalue weighted by molar-refractivity contribution is 8.19. The van der Waals surface area contributed by atoms with Gasteiger partial charge in [-0.25, -0.2) is 4.40 Å². The maximum Gasteiger partial charge on any atom is 0.194 e. The van der Waals surface area contributed by atoms with E-state index in [4.69, 9.17) is 0 Å². The zero-order valence-electron chi connectivity index (χ0n) is 10.4. The lowest BCUT2D eigenvalue weighted by atomic mass is 10.6. The molecule has 96 valence electrons. The van der Waals surface area contributed by atoms with E-state index in [1.807, 2.05) is 0 Å². The summed E-state index contributed by atoms with van der Waals surface area (Å²) in [5, 5.41) is 10.3. The van der Waals surface area contributed by atoms with E-state index in [0.29, 0.717) is 0 Å². The lowest BCUT2D eigenvalue weighted by molar-refractivity contribution is 0.301. The maximum atomic E-state index is 10.3. The minimum atomic E-state index is -0.827. The molecule has 0 fully saturated rings. The Kier molecular flexibility index (Phi) is 11.3. The van der Waals surface area contributed by atoms with Crippen molar-refractivity contribution < 1.29 is 5.11 Å². The predicted molar refractivity (Wildman–Crippen MR) is 81.7 cm³/mol. The summed E-state index contributed by atoms with van der Waals surface area (Å²) in [6.07, 6.45) is 4.98. The summed E-state index contributed by atoms with van der Waals surface area (Å²) in [4.78, 5) is 0. The monoisotopic (exact) mass is 281 g/mol. The van der Waals surface area contributed by atoms with E-state index in [9.17, 15) is 5.11 Å². The van der Waals surface area contributed by atoms with Gasteiger partial charge in [-0.3, -0.25) is 0 Å². The van der Waals surface area contributed by atoms with Gasteiger partial charge in [-0.15, -0.1) is 23.5 Å². The molecule has 0 radical (unpaired) electrons. The molecule has 0 aliphatic rings. The molecule has 2 nitrogen and oxygen atoms in total. The van der Waals surface area contributed by atoms with Crippen molar-refractivity contribution in [1.29, 1.82) is 0 Å². The van der Waals surface area contributed by atoms with Crippen molar-refractivity contribution in [3.05, 3.63) is 0 Å². The quantitative estimate of drug-likeness (QED) is 0.283. The van der Waals surface area contributed by atoms with Crippen LogP contribution in [0.2, 0.25) is 0 Å². The standard InChI is InChI=1S/C11H23NOS3/c1-4-7-14-11(13,15-8-5-2)10-12-16-9-6-3/h10,13H,4-9H2,1-3H3. The molecule has 0 atom stereocenters. The minimum absolute atomic E-state index is 0.827. The van der Waals surface area contributed by atoms with E-state index in [1.165, 1.54) is 11.9 Å². The second kappa shape index (κ2) is 10.8. The Morgan fingerprint density at radius 1 is 1.00 bits per heavy atom. The first kappa shape index (κ1) is 16.7. The molecule has 0 saturated carbocycles. The van der Waals surface area contributed by atoms with Crippen LogP contribution in [0.1, 0.15) is 40.0 Å². The summed E-state index contributed by atoms with van der Waals surface area (Å²) in [6.45, 7) is 6.38. The van der Waals surface area contributed by atoms with Crippen LogP contribution in [0.4, 0.5) is 0 Å². The van der Waals surface area contributed by atoms with Crippen LogP contribution in [-0.4, -0.2) is 32.8 Å². The molecule has 0 aliphatic heterocycles.